The summed E-state index contributed by atoms with van der Waals surface area (Å²) in [5.41, 5.74) is 2.12. The number of ether oxygens (including phenoxy) is 1. The molecule has 0 saturated heterocycles. The molecule has 4 nitrogen and oxygen atoms in total. The van der Waals surface area contributed by atoms with Crippen LogP contribution >= 0.6 is 0 Å². The zero-order valence-corrected chi connectivity index (χ0v) is 12.7. The van der Waals surface area contributed by atoms with Gasteiger partial charge in [-0.3, -0.25) is 14.8 Å². The largest absolute Gasteiger partial charge is 0.466 e. The highest BCUT2D eigenvalue weighted by atomic mass is 16.5. The maximum atomic E-state index is 11.7. The molecule has 0 bridgehead atoms. The number of esters is 1. The number of carbonyl (C=O) groups excluding carboxylic acids is 1. The summed E-state index contributed by atoms with van der Waals surface area (Å²) in [4.78, 5) is 20.7. The number of hydrogen-bond donors (Lipinski definition) is 0. The highest BCUT2D eigenvalue weighted by molar-refractivity contribution is 5.71. The van der Waals surface area contributed by atoms with Crippen LogP contribution in [0.25, 0.3) is 11.4 Å². The highest BCUT2D eigenvalue weighted by Gasteiger charge is 2.26. The van der Waals surface area contributed by atoms with Crippen LogP contribution in [0, 0.1) is 0 Å². The van der Waals surface area contributed by atoms with Crippen LogP contribution in [0.4, 0.5) is 0 Å². The third-order valence-corrected chi connectivity index (χ3v) is 3.26. The lowest BCUT2D eigenvalue weighted by atomic mass is 9.85. The first-order valence-electron chi connectivity index (χ1n) is 7.07. The summed E-state index contributed by atoms with van der Waals surface area (Å²) in [6, 6.07) is 11.5. The number of hydrogen-bond acceptors (Lipinski definition) is 4. The molecule has 0 aliphatic rings. The number of pyridine rings is 2. The SMILES string of the molecule is CCOC(=O)CC(C)(C)c1cccc(-c2ccccn2)n1. The molecule has 0 aliphatic heterocycles. The van der Waals surface area contributed by atoms with Crippen LogP contribution in [0.2, 0.25) is 0 Å². The minimum absolute atomic E-state index is 0.201. The Bertz CT molecular complexity index is 609. The van der Waals surface area contributed by atoms with Gasteiger partial charge in [0.1, 0.15) is 0 Å². The molecular formula is C17H20N2O2. The van der Waals surface area contributed by atoms with Crippen LogP contribution in [0.3, 0.4) is 0 Å². The third-order valence-electron chi connectivity index (χ3n) is 3.26. The van der Waals surface area contributed by atoms with Crippen molar-refractivity contribution >= 4 is 5.97 Å². The summed E-state index contributed by atoms with van der Waals surface area (Å²) < 4.78 is 5.04. The molecule has 0 fully saturated rings. The Labute approximate surface area is 125 Å². The summed E-state index contributed by atoms with van der Waals surface area (Å²) in [5, 5.41) is 0. The van der Waals surface area contributed by atoms with E-state index < -0.39 is 0 Å². The van der Waals surface area contributed by atoms with Gasteiger partial charge in [0.25, 0.3) is 0 Å². The summed E-state index contributed by atoms with van der Waals surface area (Å²) in [6.07, 6.45) is 2.05. The van der Waals surface area contributed by atoms with E-state index in [0.717, 1.165) is 17.1 Å². The lowest BCUT2D eigenvalue weighted by molar-refractivity contribution is -0.144. The van der Waals surface area contributed by atoms with Gasteiger partial charge in [0.05, 0.1) is 24.4 Å². The number of rotatable bonds is 5. The molecule has 2 rings (SSSR count). The standard InChI is InChI=1S/C17H20N2O2/c1-4-21-16(20)12-17(2,3)15-10-7-9-14(19-15)13-8-5-6-11-18-13/h5-11H,4,12H2,1-3H3. The van der Waals surface area contributed by atoms with E-state index in [4.69, 9.17) is 4.74 Å². The normalized spacial score (nSPS) is 11.2. The molecule has 0 saturated carbocycles. The zero-order valence-electron chi connectivity index (χ0n) is 12.7. The molecule has 0 atom stereocenters. The number of nitrogens with zero attached hydrogens (tertiary/aromatic N) is 2. The Morgan fingerprint density at radius 1 is 1.14 bits per heavy atom. The van der Waals surface area contributed by atoms with Gasteiger partial charge in [-0.15, -0.1) is 0 Å². The minimum Gasteiger partial charge on any atom is -0.466 e. The van der Waals surface area contributed by atoms with Crippen molar-refractivity contribution in [2.45, 2.75) is 32.6 Å². The quantitative estimate of drug-likeness (QED) is 0.790. The van der Waals surface area contributed by atoms with E-state index in [1.807, 2.05) is 57.2 Å². The molecule has 0 radical (unpaired) electrons. The Kier molecular flexibility index (Phi) is 4.68. The van der Waals surface area contributed by atoms with Gasteiger partial charge in [-0.1, -0.05) is 26.0 Å². The van der Waals surface area contributed by atoms with E-state index in [-0.39, 0.29) is 11.4 Å². The van der Waals surface area contributed by atoms with Gasteiger partial charge in [-0.25, -0.2) is 0 Å². The average molecular weight is 284 g/mol. The van der Waals surface area contributed by atoms with E-state index in [9.17, 15) is 4.79 Å². The number of carbonyl (C=O) groups is 1. The molecule has 4 heteroatoms. The van der Waals surface area contributed by atoms with E-state index in [1.54, 1.807) is 6.20 Å². The van der Waals surface area contributed by atoms with E-state index in [0.29, 0.717) is 13.0 Å². The zero-order chi connectivity index (χ0) is 15.3. The third kappa shape index (κ3) is 3.88. The van der Waals surface area contributed by atoms with E-state index in [1.165, 1.54) is 0 Å². The first-order valence-corrected chi connectivity index (χ1v) is 7.07. The fraction of sp³-hybridized carbons (Fsp3) is 0.353. The van der Waals surface area contributed by atoms with Gasteiger partial charge in [0.2, 0.25) is 0 Å². The van der Waals surface area contributed by atoms with Crippen LogP contribution in [-0.2, 0) is 14.9 Å². The van der Waals surface area contributed by atoms with Crippen molar-refractivity contribution in [3.8, 4) is 11.4 Å². The van der Waals surface area contributed by atoms with E-state index in [2.05, 4.69) is 9.97 Å². The molecular weight excluding hydrogens is 264 g/mol. The Hall–Kier alpha value is -2.23. The second kappa shape index (κ2) is 6.48. The Morgan fingerprint density at radius 3 is 2.57 bits per heavy atom. The monoisotopic (exact) mass is 284 g/mol. The Balaban J connectivity index is 2.26. The van der Waals surface area contributed by atoms with Crippen LogP contribution in [0.1, 0.15) is 32.9 Å². The molecule has 2 aromatic heterocycles. The van der Waals surface area contributed by atoms with Gasteiger partial charge in [-0.05, 0) is 31.2 Å². The molecule has 2 aromatic rings. The van der Waals surface area contributed by atoms with Gasteiger partial charge >= 0.3 is 5.97 Å². The lowest BCUT2D eigenvalue weighted by Gasteiger charge is -2.23. The Morgan fingerprint density at radius 2 is 1.90 bits per heavy atom. The highest BCUT2D eigenvalue weighted by Crippen LogP contribution is 2.27. The topological polar surface area (TPSA) is 52.1 Å². The molecule has 0 unspecified atom stereocenters. The van der Waals surface area contributed by atoms with Crippen LogP contribution in [0.5, 0.6) is 0 Å². The van der Waals surface area contributed by atoms with Crippen molar-refractivity contribution in [1.82, 2.24) is 9.97 Å². The molecule has 0 amide bonds. The minimum atomic E-state index is -0.378. The summed E-state index contributed by atoms with van der Waals surface area (Å²) in [6.45, 7) is 6.20. The predicted molar refractivity (Wildman–Crippen MR) is 81.7 cm³/mol. The molecule has 2 heterocycles. The maximum Gasteiger partial charge on any atom is 0.306 e. The lowest BCUT2D eigenvalue weighted by Crippen LogP contribution is -2.24. The molecule has 0 spiro atoms. The number of aromatic nitrogens is 2. The van der Waals surface area contributed by atoms with Gasteiger partial charge in [-0.2, -0.15) is 0 Å². The molecule has 0 N–H and O–H groups in total. The second-order valence-corrected chi connectivity index (χ2v) is 5.49. The molecule has 0 aromatic carbocycles. The average Bonchev–Trinajstić information content (AvgIpc) is 2.48. The summed E-state index contributed by atoms with van der Waals surface area (Å²) >= 11 is 0. The van der Waals surface area contributed by atoms with Gasteiger partial charge in [0, 0.05) is 17.3 Å². The van der Waals surface area contributed by atoms with Crippen molar-refractivity contribution < 1.29 is 9.53 Å². The summed E-state index contributed by atoms with van der Waals surface area (Å²) in [5.74, 6) is -0.201. The first-order chi connectivity index (χ1) is 10.0. The smallest absolute Gasteiger partial charge is 0.306 e. The van der Waals surface area contributed by atoms with Crippen LogP contribution in [0.15, 0.2) is 42.6 Å². The van der Waals surface area contributed by atoms with E-state index >= 15 is 0 Å². The van der Waals surface area contributed by atoms with Crippen molar-refractivity contribution in [2.24, 2.45) is 0 Å². The van der Waals surface area contributed by atoms with Gasteiger partial charge in [0.15, 0.2) is 0 Å². The molecule has 21 heavy (non-hydrogen) atoms. The van der Waals surface area contributed by atoms with Crippen molar-refractivity contribution in [3.05, 3.63) is 48.3 Å². The fourth-order valence-electron chi connectivity index (χ4n) is 2.13. The maximum absolute atomic E-state index is 11.7. The summed E-state index contributed by atoms with van der Waals surface area (Å²) in [7, 11) is 0. The van der Waals surface area contributed by atoms with Crippen LogP contribution in [-0.4, -0.2) is 22.5 Å². The fourth-order valence-corrected chi connectivity index (χ4v) is 2.13. The predicted octanol–water partition coefficient (Wildman–Crippen LogP) is 3.37. The van der Waals surface area contributed by atoms with Crippen molar-refractivity contribution in [2.75, 3.05) is 6.61 Å². The van der Waals surface area contributed by atoms with Crippen molar-refractivity contribution in [3.63, 3.8) is 0 Å². The van der Waals surface area contributed by atoms with Crippen molar-refractivity contribution in [1.29, 1.82) is 0 Å². The molecule has 110 valence electrons. The van der Waals surface area contributed by atoms with Gasteiger partial charge < -0.3 is 4.74 Å². The first kappa shape index (κ1) is 15.2. The second-order valence-electron chi connectivity index (χ2n) is 5.49. The molecule has 0 aliphatic carbocycles. The van der Waals surface area contributed by atoms with Crippen LogP contribution < -0.4 is 0 Å².